The lowest BCUT2D eigenvalue weighted by Gasteiger charge is -2.16. The van der Waals surface area contributed by atoms with Crippen molar-refractivity contribution in [1.29, 1.82) is 0 Å². The monoisotopic (exact) mass is 425 g/mol. The summed E-state index contributed by atoms with van der Waals surface area (Å²) in [6.07, 6.45) is 8.87. The fourth-order valence-corrected chi connectivity index (χ4v) is 4.98. The lowest BCUT2D eigenvalue weighted by atomic mass is 9.90. The predicted molar refractivity (Wildman–Crippen MR) is 116 cm³/mol. The maximum atomic E-state index is 13.1. The number of nitrogens with zero attached hydrogens (tertiary/aromatic N) is 2. The van der Waals surface area contributed by atoms with Crippen LogP contribution in [0.1, 0.15) is 46.6 Å². The molecule has 29 heavy (non-hydrogen) atoms. The summed E-state index contributed by atoms with van der Waals surface area (Å²) in [5.74, 6) is 1.38. The zero-order chi connectivity index (χ0) is 20.0. The first kappa shape index (κ1) is 18.9. The van der Waals surface area contributed by atoms with Gasteiger partial charge in [-0.3, -0.25) is 4.79 Å². The van der Waals surface area contributed by atoms with Crippen molar-refractivity contribution < 1.29 is 9.36 Å². The molecule has 0 atom stereocenters. The Labute approximate surface area is 180 Å². The third-order valence-corrected chi connectivity index (χ3v) is 6.93. The van der Waals surface area contributed by atoms with E-state index in [1.807, 2.05) is 24.3 Å². The van der Waals surface area contributed by atoms with Gasteiger partial charge in [0.25, 0.3) is 5.82 Å². The average molecular weight is 426 g/mol. The summed E-state index contributed by atoms with van der Waals surface area (Å²) in [6, 6.07) is 12.0. The highest BCUT2D eigenvalue weighted by molar-refractivity contribution is 6.42. The second kappa shape index (κ2) is 7.62. The topological polar surface area (TPSA) is 25.9 Å². The van der Waals surface area contributed by atoms with Gasteiger partial charge in [0.15, 0.2) is 12.2 Å². The molecule has 3 nitrogen and oxygen atoms in total. The van der Waals surface area contributed by atoms with Gasteiger partial charge in [-0.15, -0.1) is 0 Å². The summed E-state index contributed by atoms with van der Waals surface area (Å²) in [6.45, 7) is 1.33. The van der Waals surface area contributed by atoms with Crippen molar-refractivity contribution >= 4 is 29.0 Å². The molecule has 0 fully saturated rings. The highest BCUT2D eigenvalue weighted by Crippen LogP contribution is 2.30. The zero-order valence-electron chi connectivity index (χ0n) is 16.3. The molecule has 3 aromatic rings. The van der Waals surface area contributed by atoms with E-state index in [9.17, 15) is 4.79 Å². The molecular formula is C24H23Cl2N2O+. The van der Waals surface area contributed by atoms with Crippen LogP contribution in [0.4, 0.5) is 0 Å². The number of rotatable bonds is 4. The van der Waals surface area contributed by atoms with Crippen LogP contribution in [-0.2, 0) is 32.4 Å². The number of fused-ring (bicyclic) bond motifs is 2. The van der Waals surface area contributed by atoms with Gasteiger partial charge in [0, 0.05) is 11.1 Å². The van der Waals surface area contributed by atoms with Crippen LogP contribution >= 0.6 is 23.2 Å². The normalized spacial score (nSPS) is 15.2. The standard InChI is InChI=1S/C24H23Cl2N2O/c25-20-10-9-18(13-21(20)26)22-14-27(24-6-3-11-28(22)24)15-23(29)19-8-7-16-4-1-2-5-17(16)12-19/h7-10,12-14H,1-6,11,15H2/q+1. The molecule has 0 saturated heterocycles. The first-order valence-corrected chi connectivity index (χ1v) is 11.1. The summed E-state index contributed by atoms with van der Waals surface area (Å²) in [4.78, 5) is 13.1. The van der Waals surface area contributed by atoms with Crippen molar-refractivity contribution in [3.63, 3.8) is 0 Å². The number of benzene rings is 2. The van der Waals surface area contributed by atoms with Crippen LogP contribution in [0.5, 0.6) is 0 Å². The molecule has 0 N–H and O–H groups in total. The third-order valence-electron chi connectivity index (χ3n) is 6.19. The summed E-state index contributed by atoms with van der Waals surface area (Å²) in [7, 11) is 0. The number of imidazole rings is 1. The Morgan fingerprint density at radius 2 is 1.76 bits per heavy atom. The number of aryl methyl sites for hydroxylation is 2. The summed E-state index contributed by atoms with van der Waals surface area (Å²) in [5, 5.41) is 1.11. The Morgan fingerprint density at radius 3 is 2.59 bits per heavy atom. The highest BCUT2D eigenvalue weighted by Gasteiger charge is 2.30. The van der Waals surface area contributed by atoms with Crippen LogP contribution in [0, 0.1) is 0 Å². The van der Waals surface area contributed by atoms with Gasteiger partial charge in [0.2, 0.25) is 5.78 Å². The molecule has 148 valence electrons. The maximum absolute atomic E-state index is 13.1. The lowest BCUT2D eigenvalue weighted by molar-refractivity contribution is -0.689. The van der Waals surface area contributed by atoms with E-state index in [1.165, 1.54) is 29.8 Å². The lowest BCUT2D eigenvalue weighted by Crippen LogP contribution is -2.40. The van der Waals surface area contributed by atoms with Crippen LogP contribution < -0.4 is 4.57 Å². The van der Waals surface area contributed by atoms with Gasteiger partial charge >= 0.3 is 0 Å². The van der Waals surface area contributed by atoms with Crippen molar-refractivity contribution in [2.24, 2.45) is 0 Å². The molecule has 5 rings (SSSR count). The number of carbonyl (C=O) groups is 1. The van der Waals surface area contributed by atoms with Gasteiger partial charge in [-0.25, -0.2) is 9.13 Å². The first-order valence-electron chi connectivity index (χ1n) is 10.3. The van der Waals surface area contributed by atoms with Crippen molar-refractivity contribution in [3.8, 4) is 11.3 Å². The van der Waals surface area contributed by atoms with Gasteiger partial charge in [-0.2, -0.15) is 0 Å². The number of aromatic nitrogens is 2. The van der Waals surface area contributed by atoms with Gasteiger partial charge in [0.1, 0.15) is 6.20 Å². The molecule has 0 amide bonds. The van der Waals surface area contributed by atoms with E-state index in [0.29, 0.717) is 16.6 Å². The van der Waals surface area contributed by atoms with Gasteiger partial charge in [-0.05, 0) is 67.5 Å². The first-order chi connectivity index (χ1) is 14.1. The quantitative estimate of drug-likeness (QED) is 0.402. The Kier molecular flexibility index (Phi) is 4.97. The van der Waals surface area contributed by atoms with Gasteiger partial charge in [-0.1, -0.05) is 35.3 Å². The Bertz CT molecular complexity index is 1120. The number of hydrogen-bond donors (Lipinski definition) is 0. The van der Waals surface area contributed by atoms with Crippen molar-refractivity contribution in [1.82, 2.24) is 4.57 Å². The number of halogens is 2. The third kappa shape index (κ3) is 3.51. The minimum Gasteiger partial charge on any atom is -0.290 e. The number of Topliss-reactive ketones (excluding diaryl/α,β-unsaturated/α-hetero) is 1. The van der Waals surface area contributed by atoms with E-state index in [1.54, 1.807) is 0 Å². The molecule has 0 spiro atoms. The van der Waals surface area contributed by atoms with E-state index < -0.39 is 0 Å². The highest BCUT2D eigenvalue weighted by atomic mass is 35.5. The predicted octanol–water partition coefficient (Wildman–Crippen LogP) is 5.46. The van der Waals surface area contributed by atoms with Crippen molar-refractivity contribution in [3.05, 3.63) is 75.2 Å². The summed E-state index contributed by atoms with van der Waals surface area (Å²) >= 11 is 12.3. The Morgan fingerprint density at radius 1 is 0.931 bits per heavy atom. The summed E-state index contributed by atoms with van der Waals surface area (Å²) in [5.41, 5.74) is 5.71. The number of hydrogen-bond acceptors (Lipinski definition) is 1. The van der Waals surface area contributed by atoms with E-state index >= 15 is 0 Å². The molecule has 0 unspecified atom stereocenters. The molecule has 2 aliphatic rings. The van der Waals surface area contributed by atoms with Crippen molar-refractivity contribution in [2.75, 3.05) is 0 Å². The molecule has 0 radical (unpaired) electrons. The maximum Gasteiger partial charge on any atom is 0.257 e. The van der Waals surface area contributed by atoms with E-state index in [2.05, 4.69) is 27.5 Å². The summed E-state index contributed by atoms with van der Waals surface area (Å²) < 4.78 is 4.42. The molecule has 2 heterocycles. The van der Waals surface area contributed by atoms with Crippen LogP contribution in [0.2, 0.25) is 10.0 Å². The fourth-order valence-electron chi connectivity index (χ4n) is 4.68. The zero-order valence-corrected chi connectivity index (χ0v) is 17.8. The molecule has 2 aromatic carbocycles. The van der Waals surface area contributed by atoms with E-state index in [4.69, 9.17) is 23.2 Å². The average Bonchev–Trinajstić information content (AvgIpc) is 3.34. The van der Waals surface area contributed by atoms with Crippen molar-refractivity contribution in [2.45, 2.75) is 51.6 Å². The van der Waals surface area contributed by atoms with E-state index in [-0.39, 0.29) is 5.78 Å². The molecular weight excluding hydrogens is 403 g/mol. The largest absolute Gasteiger partial charge is 0.290 e. The second-order valence-corrected chi connectivity index (χ2v) is 8.87. The second-order valence-electron chi connectivity index (χ2n) is 8.06. The Balaban J connectivity index is 1.46. The van der Waals surface area contributed by atoms with Crippen LogP contribution in [0.3, 0.4) is 0 Å². The van der Waals surface area contributed by atoms with E-state index in [0.717, 1.165) is 49.0 Å². The minimum absolute atomic E-state index is 0.171. The molecule has 0 saturated carbocycles. The molecule has 0 bridgehead atoms. The van der Waals surface area contributed by atoms with Crippen LogP contribution in [0.25, 0.3) is 11.3 Å². The molecule has 1 aliphatic heterocycles. The molecule has 1 aliphatic carbocycles. The van der Waals surface area contributed by atoms with Crippen LogP contribution in [-0.4, -0.2) is 10.4 Å². The minimum atomic E-state index is 0.171. The Hall–Kier alpha value is -2.10. The molecule has 5 heteroatoms. The van der Waals surface area contributed by atoms with Gasteiger partial charge < -0.3 is 0 Å². The number of ketones is 1. The van der Waals surface area contributed by atoms with Crippen LogP contribution in [0.15, 0.2) is 42.6 Å². The molecule has 1 aromatic heterocycles. The fraction of sp³-hybridized carbons (Fsp3) is 0.333. The number of carbonyl (C=O) groups excluding carboxylic acids is 1. The SMILES string of the molecule is O=C(C[n+]1cc(-c2ccc(Cl)c(Cl)c2)n2c1CCC2)c1ccc2c(c1)CCCC2. The smallest absolute Gasteiger partial charge is 0.257 e. The van der Waals surface area contributed by atoms with Gasteiger partial charge in [0.05, 0.1) is 23.0 Å².